The summed E-state index contributed by atoms with van der Waals surface area (Å²) in [5, 5.41) is 2.69. The van der Waals surface area contributed by atoms with E-state index in [1.54, 1.807) is 0 Å². The van der Waals surface area contributed by atoms with Crippen LogP contribution in [0.25, 0.3) is 0 Å². The molecule has 0 saturated heterocycles. The molecular formula is C16H15Cl2N3O4S. The highest BCUT2D eigenvalue weighted by Gasteiger charge is 2.28. The number of amides is 1. The first-order valence-electron chi connectivity index (χ1n) is 7.64. The summed E-state index contributed by atoms with van der Waals surface area (Å²) in [6.07, 6.45) is 1.64. The minimum absolute atomic E-state index is 0.0285. The Kier molecular flexibility index (Phi) is 5.38. The minimum atomic E-state index is -3.67. The van der Waals surface area contributed by atoms with Gasteiger partial charge in [-0.1, -0.05) is 23.2 Å². The molecule has 26 heavy (non-hydrogen) atoms. The van der Waals surface area contributed by atoms with Crippen LogP contribution in [-0.2, 0) is 10.0 Å². The SMILES string of the molecule is COc1ccc(S(=O)(=O)NC2CC2)cc1NC(=O)c1ccc(Cl)nc1Cl. The molecule has 0 aliphatic heterocycles. The van der Waals surface area contributed by atoms with Crippen LogP contribution >= 0.6 is 23.2 Å². The van der Waals surface area contributed by atoms with E-state index in [-0.39, 0.29) is 32.5 Å². The van der Waals surface area contributed by atoms with E-state index >= 15 is 0 Å². The lowest BCUT2D eigenvalue weighted by atomic mass is 10.2. The summed E-state index contributed by atoms with van der Waals surface area (Å²) in [6, 6.07) is 7.04. The number of pyridine rings is 1. The van der Waals surface area contributed by atoms with Gasteiger partial charge in [0.1, 0.15) is 16.1 Å². The van der Waals surface area contributed by atoms with E-state index in [0.29, 0.717) is 5.75 Å². The number of methoxy groups -OCH3 is 1. The van der Waals surface area contributed by atoms with Crippen LogP contribution in [0.15, 0.2) is 35.2 Å². The van der Waals surface area contributed by atoms with Gasteiger partial charge in [0.05, 0.1) is 23.3 Å². The van der Waals surface area contributed by atoms with Gasteiger partial charge in [0.15, 0.2) is 0 Å². The van der Waals surface area contributed by atoms with Crippen LogP contribution in [0.4, 0.5) is 5.69 Å². The second-order valence-corrected chi connectivity index (χ2v) is 8.14. The second-order valence-electron chi connectivity index (χ2n) is 5.68. The summed E-state index contributed by atoms with van der Waals surface area (Å²) >= 11 is 11.7. The van der Waals surface area contributed by atoms with Crippen molar-refractivity contribution in [1.82, 2.24) is 9.71 Å². The number of carbonyl (C=O) groups is 1. The molecule has 1 fully saturated rings. The predicted octanol–water partition coefficient (Wildman–Crippen LogP) is 3.09. The highest BCUT2D eigenvalue weighted by atomic mass is 35.5. The second kappa shape index (κ2) is 7.40. The summed E-state index contributed by atoms with van der Waals surface area (Å²) in [6.45, 7) is 0. The van der Waals surface area contributed by atoms with Gasteiger partial charge in [-0.25, -0.2) is 18.1 Å². The number of hydrogen-bond donors (Lipinski definition) is 2. The molecule has 138 valence electrons. The molecular weight excluding hydrogens is 401 g/mol. The highest BCUT2D eigenvalue weighted by molar-refractivity contribution is 7.89. The lowest BCUT2D eigenvalue weighted by molar-refractivity contribution is 0.102. The van der Waals surface area contributed by atoms with Gasteiger partial charge in [-0.05, 0) is 43.2 Å². The van der Waals surface area contributed by atoms with E-state index in [1.165, 1.54) is 37.4 Å². The number of ether oxygens (including phenoxy) is 1. The Balaban J connectivity index is 1.90. The van der Waals surface area contributed by atoms with Gasteiger partial charge >= 0.3 is 0 Å². The van der Waals surface area contributed by atoms with Crippen molar-refractivity contribution in [3.8, 4) is 5.75 Å². The Hall–Kier alpha value is -1.87. The molecule has 0 unspecified atom stereocenters. The number of anilines is 1. The molecule has 0 radical (unpaired) electrons. The fraction of sp³-hybridized carbons (Fsp3) is 0.250. The van der Waals surface area contributed by atoms with E-state index in [1.807, 2.05) is 0 Å². The zero-order chi connectivity index (χ0) is 18.9. The van der Waals surface area contributed by atoms with Gasteiger partial charge in [-0.2, -0.15) is 0 Å². The Morgan fingerprint density at radius 3 is 2.58 bits per heavy atom. The van der Waals surface area contributed by atoms with Gasteiger partial charge in [-0.3, -0.25) is 4.79 Å². The molecule has 0 spiro atoms. The van der Waals surface area contributed by atoms with Crippen LogP contribution in [0.2, 0.25) is 10.3 Å². The third-order valence-corrected chi connectivity index (χ3v) is 5.70. The molecule has 7 nitrogen and oxygen atoms in total. The van der Waals surface area contributed by atoms with Gasteiger partial charge in [-0.15, -0.1) is 0 Å². The molecule has 1 saturated carbocycles. The number of rotatable bonds is 6. The normalized spacial score (nSPS) is 14.1. The minimum Gasteiger partial charge on any atom is -0.495 e. The first-order chi connectivity index (χ1) is 12.3. The largest absolute Gasteiger partial charge is 0.495 e. The zero-order valence-corrected chi connectivity index (χ0v) is 16.0. The van der Waals surface area contributed by atoms with Crippen molar-refractivity contribution in [2.45, 2.75) is 23.8 Å². The van der Waals surface area contributed by atoms with Crippen LogP contribution in [0.3, 0.4) is 0 Å². The number of hydrogen-bond acceptors (Lipinski definition) is 5. The van der Waals surface area contributed by atoms with Crippen molar-refractivity contribution in [3.63, 3.8) is 0 Å². The number of sulfonamides is 1. The quantitative estimate of drug-likeness (QED) is 0.706. The fourth-order valence-corrected chi connectivity index (χ4v) is 3.97. The standard InChI is InChI=1S/C16H15Cl2N3O4S/c1-25-13-6-4-10(26(23,24)21-9-2-3-9)8-12(13)19-16(22)11-5-7-14(17)20-15(11)18/h4-9,21H,2-3H2,1H3,(H,19,22). The van der Waals surface area contributed by atoms with Gasteiger partial charge in [0, 0.05) is 6.04 Å². The summed E-state index contributed by atoms with van der Waals surface area (Å²) in [7, 11) is -2.26. The van der Waals surface area contributed by atoms with E-state index in [2.05, 4.69) is 15.0 Å². The van der Waals surface area contributed by atoms with Crippen LogP contribution in [-0.4, -0.2) is 32.5 Å². The maximum absolute atomic E-state index is 12.5. The molecule has 1 aromatic carbocycles. The maximum Gasteiger partial charge on any atom is 0.258 e. The molecule has 1 aliphatic carbocycles. The number of carbonyl (C=O) groups excluding carboxylic acids is 1. The van der Waals surface area contributed by atoms with E-state index in [9.17, 15) is 13.2 Å². The molecule has 10 heteroatoms. The maximum atomic E-state index is 12.5. The molecule has 1 heterocycles. The van der Waals surface area contributed by atoms with E-state index in [0.717, 1.165) is 12.8 Å². The lowest BCUT2D eigenvalue weighted by Gasteiger charge is -2.13. The summed E-state index contributed by atoms with van der Waals surface area (Å²) in [5.74, 6) is -0.260. The number of halogens is 2. The summed E-state index contributed by atoms with van der Waals surface area (Å²) < 4.78 is 32.5. The average Bonchev–Trinajstić information content (AvgIpc) is 3.37. The number of nitrogens with one attached hydrogen (secondary N) is 2. The van der Waals surface area contributed by atoms with Crippen molar-refractivity contribution >= 4 is 44.8 Å². The van der Waals surface area contributed by atoms with Crippen molar-refractivity contribution in [1.29, 1.82) is 0 Å². The Labute approximate surface area is 160 Å². The zero-order valence-electron chi connectivity index (χ0n) is 13.6. The third kappa shape index (κ3) is 4.27. The summed E-state index contributed by atoms with van der Waals surface area (Å²) in [5.41, 5.74) is 0.296. The molecule has 0 bridgehead atoms. The van der Waals surface area contributed by atoms with E-state index in [4.69, 9.17) is 27.9 Å². The molecule has 2 aromatic rings. The fourth-order valence-electron chi connectivity index (χ4n) is 2.21. The van der Waals surface area contributed by atoms with Crippen LogP contribution in [0.5, 0.6) is 5.75 Å². The Morgan fingerprint density at radius 2 is 1.96 bits per heavy atom. The van der Waals surface area contributed by atoms with Crippen molar-refractivity contribution in [3.05, 3.63) is 46.2 Å². The number of nitrogens with zero attached hydrogens (tertiary/aromatic N) is 1. The van der Waals surface area contributed by atoms with Crippen molar-refractivity contribution in [2.24, 2.45) is 0 Å². The number of benzene rings is 1. The smallest absolute Gasteiger partial charge is 0.258 e. The summed E-state index contributed by atoms with van der Waals surface area (Å²) in [4.78, 5) is 16.3. The monoisotopic (exact) mass is 415 g/mol. The Morgan fingerprint density at radius 1 is 1.23 bits per heavy atom. The molecule has 1 aliphatic rings. The van der Waals surface area contributed by atoms with Crippen LogP contribution < -0.4 is 14.8 Å². The topological polar surface area (TPSA) is 97.4 Å². The van der Waals surface area contributed by atoms with Crippen LogP contribution in [0, 0.1) is 0 Å². The van der Waals surface area contributed by atoms with Gasteiger partial charge < -0.3 is 10.1 Å². The third-order valence-electron chi connectivity index (χ3n) is 3.69. The van der Waals surface area contributed by atoms with Crippen molar-refractivity contribution in [2.75, 3.05) is 12.4 Å². The van der Waals surface area contributed by atoms with Gasteiger partial charge in [0.2, 0.25) is 10.0 Å². The van der Waals surface area contributed by atoms with Gasteiger partial charge in [0.25, 0.3) is 5.91 Å². The first kappa shape index (κ1) is 18.9. The van der Waals surface area contributed by atoms with Crippen molar-refractivity contribution < 1.29 is 17.9 Å². The van der Waals surface area contributed by atoms with E-state index < -0.39 is 15.9 Å². The molecule has 0 atom stereocenters. The first-order valence-corrected chi connectivity index (χ1v) is 9.88. The molecule has 1 aromatic heterocycles. The predicted molar refractivity (Wildman–Crippen MR) is 98.5 cm³/mol. The molecule has 1 amide bonds. The average molecular weight is 416 g/mol. The molecule has 3 rings (SSSR count). The molecule has 2 N–H and O–H groups in total. The number of aromatic nitrogens is 1. The Bertz CT molecular complexity index is 962. The lowest BCUT2D eigenvalue weighted by Crippen LogP contribution is -2.26. The highest BCUT2D eigenvalue weighted by Crippen LogP contribution is 2.30. The van der Waals surface area contributed by atoms with Crippen LogP contribution in [0.1, 0.15) is 23.2 Å².